The van der Waals surface area contributed by atoms with Gasteiger partial charge in [0.2, 0.25) is 0 Å². The number of nitrogens with one attached hydrogen (secondary N) is 4. The molecule has 2 aromatic rings. The summed E-state index contributed by atoms with van der Waals surface area (Å²) in [4.78, 5) is 43.7. The van der Waals surface area contributed by atoms with E-state index < -0.39 is 23.1 Å². The molecule has 10 heteroatoms. The maximum absolute atomic E-state index is 11.7. The number of anilines is 1. The predicted molar refractivity (Wildman–Crippen MR) is 78.8 cm³/mol. The molecule has 10 nitrogen and oxygen atoms in total. The first-order valence-electron chi connectivity index (χ1n) is 6.76. The van der Waals surface area contributed by atoms with Crippen molar-refractivity contribution in [3.05, 3.63) is 37.9 Å². The zero-order valence-corrected chi connectivity index (χ0v) is 12.1. The summed E-state index contributed by atoms with van der Waals surface area (Å²) in [6.07, 6.45) is 0.226. The lowest BCUT2D eigenvalue weighted by Crippen LogP contribution is -2.32. The van der Waals surface area contributed by atoms with Crippen LogP contribution < -0.4 is 21.9 Å². The first kappa shape index (κ1) is 15.2. The number of aromatic amines is 2. The van der Waals surface area contributed by atoms with Crippen molar-refractivity contribution in [3.8, 4) is 0 Å². The van der Waals surface area contributed by atoms with Gasteiger partial charge in [0, 0.05) is 6.42 Å². The Bertz CT molecular complexity index is 886. The largest absolute Gasteiger partial charge is 0.449 e. The zero-order valence-electron chi connectivity index (χ0n) is 12.1. The van der Waals surface area contributed by atoms with Crippen LogP contribution in [0.4, 0.5) is 5.69 Å². The average Bonchev–Trinajstić information content (AvgIpc) is 2.91. The van der Waals surface area contributed by atoms with Crippen LogP contribution in [0.15, 0.2) is 15.7 Å². The van der Waals surface area contributed by atoms with Gasteiger partial charge in [-0.05, 0) is 24.1 Å². The van der Waals surface area contributed by atoms with Gasteiger partial charge in [-0.25, -0.2) is 10.7 Å². The van der Waals surface area contributed by atoms with Gasteiger partial charge in [0.25, 0.3) is 0 Å². The van der Waals surface area contributed by atoms with Crippen LogP contribution in [-0.4, -0.2) is 34.0 Å². The van der Waals surface area contributed by atoms with Gasteiger partial charge in [-0.3, -0.25) is 19.7 Å². The van der Waals surface area contributed by atoms with Crippen molar-refractivity contribution in [2.75, 3.05) is 12.2 Å². The van der Waals surface area contributed by atoms with Crippen LogP contribution in [0.2, 0.25) is 0 Å². The number of rotatable bonds is 4. The van der Waals surface area contributed by atoms with Crippen molar-refractivity contribution in [2.24, 2.45) is 0 Å². The van der Waals surface area contributed by atoms with Crippen molar-refractivity contribution in [2.45, 2.75) is 19.4 Å². The Morgan fingerprint density at radius 1 is 1.35 bits per heavy atom. The molecule has 5 N–H and O–H groups in total. The summed E-state index contributed by atoms with van der Waals surface area (Å²) < 4.78 is 4.85. The van der Waals surface area contributed by atoms with Crippen LogP contribution in [0.5, 0.6) is 0 Å². The van der Waals surface area contributed by atoms with E-state index in [1.165, 1.54) is 6.07 Å². The smallest absolute Gasteiger partial charge is 0.324 e. The Morgan fingerprint density at radius 3 is 2.74 bits per heavy atom. The second-order valence-corrected chi connectivity index (χ2v) is 5.12. The molecular formula is C13H14N4O6. The van der Waals surface area contributed by atoms with Crippen LogP contribution in [0.25, 0.3) is 11.0 Å². The van der Waals surface area contributed by atoms with E-state index in [0.717, 1.165) is 0 Å². The molecule has 1 fully saturated rings. The fraction of sp³-hybridized carbons (Fsp3) is 0.308. The van der Waals surface area contributed by atoms with E-state index in [1.54, 1.807) is 6.92 Å². The lowest BCUT2D eigenvalue weighted by Gasteiger charge is -2.16. The number of benzene rings is 1. The van der Waals surface area contributed by atoms with E-state index in [9.17, 15) is 14.4 Å². The maximum Gasteiger partial charge on any atom is 0.324 e. The van der Waals surface area contributed by atoms with Crippen molar-refractivity contribution >= 4 is 22.7 Å². The van der Waals surface area contributed by atoms with Crippen molar-refractivity contribution in [1.82, 2.24) is 15.3 Å². The molecule has 3 rings (SSSR count). The van der Waals surface area contributed by atoms with E-state index >= 15 is 0 Å². The first-order chi connectivity index (χ1) is 11.0. The Kier molecular flexibility index (Phi) is 3.86. The molecule has 0 spiro atoms. The highest BCUT2D eigenvalue weighted by Crippen LogP contribution is 2.27. The molecule has 1 atom stereocenters. The summed E-state index contributed by atoms with van der Waals surface area (Å²) in [5.41, 5.74) is 3.04. The lowest BCUT2D eigenvalue weighted by molar-refractivity contribution is -0.215. The van der Waals surface area contributed by atoms with E-state index in [4.69, 9.17) is 9.99 Å². The summed E-state index contributed by atoms with van der Waals surface area (Å²) >= 11 is 0. The molecular weight excluding hydrogens is 308 g/mol. The second-order valence-electron chi connectivity index (χ2n) is 5.12. The molecule has 1 saturated heterocycles. The third-order valence-electron chi connectivity index (χ3n) is 3.80. The van der Waals surface area contributed by atoms with Gasteiger partial charge in [-0.15, -0.1) is 4.99 Å². The molecule has 23 heavy (non-hydrogen) atoms. The van der Waals surface area contributed by atoms with E-state index in [0.29, 0.717) is 27.8 Å². The molecule has 1 aromatic heterocycles. The highest BCUT2D eigenvalue weighted by molar-refractivity contribution is 5.86. The summed E-state index contributed by atoms with van der Waals surface area (Å²) in [7, 11) is 0. The topological polar surface area (TPSA) is 146 Å². The molecule has 1 aliphatic rings. The number of carbonyl (C=O) groups excluding carboxylic acids is 1. The van der Waals surface area contributed by atoms with Crippen molar-refractivity contribution < 1.29 is 19.8 Å². The normalized spacial score (nSPS) is 17.5. The van der Waals surface area contributed by atoms with Crippen LogP contribution in [0.1, 0.15) is 11.1 Å². The van der Waals surface area contributed by atoms with E-state index in [2.05, 4.69) is 25.8 Å². The minimum absolute atomic E-state index is 0.117. The number of fused-ring (bicyclic) bond motifs is 1. The second kappa shape index (κ2) is 5.83. The Balaban J connectivity index is 2.20. The summed E-state index contributed by atoms with van der Waals surface area (Å²) in [6.45, 7) is 1.84. The zero-order chi connectivity index (χ0) is 16.6. The fourth-order valence-electron chi connectivity index (χ4n) is 2.60. The quantitative estimate of drug-likeness (QED) is 0.216. The molecule has 0 aliphatic carbocycles. The van der Waals surface area contributed by atoms with Gasteiger partial charge in [0.05, 0.1) is 16.7 Å². The van der Waals surface area contributed by atoms with Gasteiger partial charge in [0.1, 0.15) is 12.8 Å². The molecule has 0 amide bonds. The Morgan fingerprint density at radius 2 is 2.09 bits per heavy atom. The van der Waals surface area contributed by atoms with Gasteiger partial charge < -0.3 is 14.7 Å². The van der Waals surface area contributed by atoms with Gasteiger partial charge >= 0.3 is 17.1 Å². The summed E-state index contributed by atoms with van der Waals surface area (Å²) in [5.74, 6) is -0.402. The third kappa shape index (κ3) is 2.70. The predicted octanol–water partition coefficient (Wildman–Crippen LogP) is -0.644. The minimum atomic E-state index is -0.804. The number of cyclic esters (lactones) is 1. The highest BCUT2D eigenvalue weighted by atomic mass is 17.2. The van der Waals surface area contributed by atoms with Crippen LogP contribution >= 0.6 is 0 Å². The molecule has 1 aliphatic heterocycles. The monoisotopic (exact) mass is 322 g/mol. The van der Waals surface area contributed by atoms with Crippen molar-refractivity contribution in [3.63, 3.8) is 0 Å². The average molecular weight is 322 g/mol. The molecule has 2 heterocycles. The number of aromatic nitrogens is 2. The molecule has 0 saturated carbocycles. The lowest BCUT2D eigenvalue weighted by atomic mass is 9.98. The number of ether oxygens (including phenoxy) is 1. The van der Waals surface area contributed by atoms with Crippen LogP contribution in [0, 0.1) is 6.92 Å². The maximum atomic E-state index is 11.7. The third-order valence-corrected chi connectivity index (χ3v) is 3.80. The summed E-state index contributed by atoms with van der Waals surface area (Å²) in [6, 6.07) is 0.930. The number of hydrogen-bond donors (Lipinski definition) is 5. The number of H-pyrrole nitrogens is 2. The molecule has 1 unspecified atom stereocenters. The van der Waals surface area contributed by atoms with Gasteiger partial charge in [-0.1, -0.05) is 0 Å². The van der Waals surface area contributed by atoms with Gasteiger partial charge in [0.15, 0.2) is 0 Å². The Hall–Kier alpha value is -2.69. The Labute approximate surface area is 128 Å². The number of esters is 1. The van der Waals surface area contributed by atoms with E-state index in [-0.39, 0.29) is 13.2 Å². The van der Waals surface area contributed by atoms with Crippen molar-refractivity contribution in [1.29, 1.82) is 0 Å². The van der Waals surface area contributed by atoms with Crippen LogP contribution in [0.3, 0.4) is 0 Å². The SMILES string of the molecule is Cc1c(NOO)cc2[nH]c(=O)c(=O)[nH]c2c1CC1NCOC1=O. The fourth-order valence-corrected chi connectivity index (χ4v) is 2.60. The van der Waals surface area contributed by atoms with Gasteiger partial charge in [-0.2, -0.15) is 0 Å². The van der Waals surface area contributed by atoms with Crippen LogP contribution in [-0.2, 0) is 20.9 Å². The molecule has 0 radical (unpaired) electrons. The van der Waals surface area contributed by atoms with E-state index in [1.807, 2.05) is 0 Å². The summed E-state index contributed by atoms with van der Waals surface area (Å²) in [5, 5.41) is 11.5. The molecule has 1 aromatic carbocycles. The number of carbonyl (C=O) groups is 1. The first-order valence-corrected chi connectivity index (χ1v) is 6.76. The molecule has 0 bridgehead atoms. The minimum Gasteiger partial charge on any atom is -0.449 e. The standard InChI is InChI=1S/C13H14N4O6/c1-5-6(2-9-13(20)22-4-14-9)10-8(3-7(5)17-23-21)15-11(18)12(19)16-10/h3,9,14,17,21H,2,4H2,1H3,(H,15,18)(H,16,19). The highest BCUT2D eigenvalue weighted by Gasteiger charge is 2.28. The molecule has 122 valence electrons. The number of hydrogen-bond acceptors (Lipinski definition) is 8.